The molecule has 0 bridgehead atoms. The molecule has 1 saturated heterocycles. The van der Waals surface area contributed by atoms with Crippen molar-refractivity contribution in [2.45, 2.75) is 18.3 Å². The largest absolute Gasteiger partial charge is 0.384 e. The van der Waals surface area contributed by atoms with Crippen molar-refractivity contribution >= 4 is 27.6 Å². The van der Waals surface area contributed by atoms with E-state index in [1.165, 1.54) is 31.0 Å². The molecule has 36 heavy (non-hydrogen) atoms. The van der Waals surface area contributed by atoms with Crippen LogP contribution in [-0.2, 0) is 20.2 Å². The van der Waals surface area contributed by atoms with E-state index >= 15 is 0 Å². The lowest BCUT2D eigenvalue weighted by atomic mass is 9.86. The lowest BCUT2D eigenvalue weighted by molar-refractivity contribution is 0.215. The van der Waals surface area contributed by atoms with Crippen LogP contribution in [-0.4, -0.2) is 51.5 Å². The summed E-state index contributed by atoms with van der Waals surface area (Å²) in [6, 6.07) is 20.4. The first-order valence-corrected chi connectivity index (χ1v) is 13.6. The fourth-order valence-corrected chi connectivity index (χ4v) is 7.33. The zero-order valence-corrected chi connectivity index (χ0v) is 21.2. The monoisotopic (exact) mass is 507 g/mol. The molecule has 1 saturated carbocycles. The van der Waals surface area contributed by atoms with Crippen LogP contribution in [0.5, 0.6) is 0 Å². The van der Waals surface area contributed by atoms with Gasteiger partial charge in [-0.3, -0.25) is 0 Å². The summed E-state index contributed by atoms with van der Waals surface area (Å²) in [4.78, 5) is 0. The molecule has 0 aromatic heterocycles. The summed E-state index contributed by atoms with van der Waals surface area (Å²) in [5.41, 5.74) is 5.15. The number of anilines is 2. The molecule has 3 aromatic carbocycles. The molecule has 3 atom stereocenters. The first kappa shape index (κ1) is 24.6. The van der Waals surface area contributed by atoms with E-state index in [-0.39, 0.29) is 35.4 Å². The molecule has 0 spiro atoms. The molecule has 2 aliphatic rings. The molecule has 3 aromatic rings. The zero-order chi connectivity index (χ0) is 25.5. The van der Waals surface area contributed by atoms with Gasteiger partial charge in [0.05, 0.1) is 12.4 Å². The lowest BCUT2D eigenvalue weighted by Crippen LogP contribution is -2.37. The van der Waals surface area contributed by atoms with Gasteiger partial charge in [0.25, 0.3) is 0 Å². The predicted octanol–water partition coefficient (Wildman–Crippen LogP) is 4.82. The minimum Gasteiger partial charge on any atom is -0.384 e. The summed E-state index contributed by atoms with van der Waals surface area (Å²) in [5, 5.41) is 11.4. The summed E-state index contributed by atoms with van der Waals surface area (Å²) >= 11 is 0. The smallest absolute Gasteiger partial charge is 0.216 e. The van der Waals surface area contributed by atoms with Crippen LogP contribution in [0.15, 0.2) is 66.7 Å². The number of sulfonamides is 1. The van der Waals surface area contributed by atoms with Gasteiger partial charge in [0.1, 0.15) is 5.82 Å². The molecule has 2 N–H and O–H groups in total. The van der Waals surface area contributed by atoms with E-state index in [2.05, 4.69) is 17.4 Å². The summed E-state index contributed by atoms with van der Waals surface area (Å²) in [6.07, 6.45) is 1.31. The second-order valence-electron chi connectivity index (χ2n) is 9.67. The molecule has 5 rings (SSSR count). The van der Waals surface area contributed by atoms with Crippen LogP contribution < -0.4 is 5.32 Å². The Hall–Kier alpha value is -3.07. The number of fused-ring (bicyclic) bond motifs is 1. The maximum absolute atomic E-state index is 13.4. The van der Waals surface area contributed by atoms with Crippen LogP contribution >= 0.6 is 0 Å². The molecule has 1 heterocycles. The highest BCUT2D eigenvalue weighted by molar-refractivity contribution is 7.89. The van der Waals surface area contributed by atoms with Crippen LogP contribution in [0, 0.1) is 24.1 Å². The number of halogens is 1. The number of rotatable bonds is 9. The average Bonchev–Trinajstić information content (AvgIpc) is 3.32. The fourth-order valence-electron chi connectivity index (χ4n) is 5.89. The van der Waals surface area contributed by atoms with Crippen molar-refractivity contribution in [2.24, 2.45) is 5.92 Å². The normalized spacial score (nSPS) is 23.3. The van der Waals surface area contributed by atoms with E-state index in [4.69, 9.17) is 10.1 Å². The molecular formula is C28H30FN3O3S. The summed E-state index contributed by atoms with van der Waals surface area (Å²) in [6.45, 7) is 3.08. The Morgan fingerprint density at radius 3 is 2.56 bits per heavy atom. The Morgan fingerprint density at radius 2 is 1.89 bits per heavy atom. The standard InChI is InChI=1S/C28H30FN3O3S/c1-19-14-26(31-23-10-8-22(29)9-11-23)21(16-30)15-24(19)28-18-32(36(33,34)13-12-35-2)17-25(28)27(28)20-6-4-3-5-7-20/h3-11,14-16,25,27,30-31H,12-13,17-18H2,1-2H3/t25-,27-,28+/m0/s1. The molecule has 8 heteroatoms. The molecule has 6 nitrogen and oxygen atoms in total. The lowest BCUT2D eigenvalue weighted by Gasteiger charge is -2.26. The number of nitrogens with zero attached hydrogens (tertiary/aromatic N) is 1. The van der Waals surface area contributed by atoms with Gasteiger partial charge in [-0.15, -0.1) is 0 Å². The molecule has 1 aliphatic carbocycles. The van der Waals surface area contributed by atoms with Crippen molar-refractivity contribution in [3.05, 3.63) is 94.8 Å². The Labute approximate surface area is 211 Å². The highest BCUT2D eigenvalue weighted by Gasteiger charge is 2.71. The summed E-state index contributed by atoms with van der Waals surface area (Å²) in [7, 11) is -1.93. The highest BCUT2D eigenvalue weighted by atomic mass is 32.2. The number of methoxy groups -OCH3 is 1. The van der Waals surface area contributed by atoms with Gasteiger partial charge >= 0.3 is 0 Å². The van der Waals surface area contributed by atoms with E-state index in [0.717, 1.165) is 22.5 Å². The first-order chi connectivity index (χ1) is 17.3. The van der Waals surface area contributed by atoms with Gasteiger partial charge in [-0.25, -0.2) is 17.1 Å². The van der Waals surface area contributed by atoms with Gasteiger partial charge in [-0.05, 0) is 65.9 Å². The van der Waals surface area contributed by atoms with Crippen LogP contribution in [0.1, 0.15) is 28.2 Å². The maximum Gasteiger partial charge on any atom is 0.216 e. The van der Waals surface area contributed by atoms with Gasteiger partial charge in [0, 0.05) is 54.7 Å². The SMILES string of the molecule is COCCS(=O)(=O)N1C[C@H]2[C@H](c3ccccc3)[C@@]2(c2cc(C=N)c(Nc3ccc(F)cc3)cc2C)C1. The Balaban J connectivity index is 1.54. The van der Waals surface area contributed by atoms with E-state index in [1.54, 1.807) is 16.4 Å². The third-order valence-electron chi connectivity index (χ3n) is 7.62. The molecule has 1 aliphatic heterocycles. The predicted molar refractivity (Wildman–Crippen MR) is 140 cm³/mol. The number of nitrogens with one attached hydrogen (secondary N) is 2. The minimum atomic E-state index is -3.44. The molecule has 0 radical (unpaired) electrons. The third-order valence-corrected chi connectivity index (χ3v) is 9.37. The van der Waals surface area contributed by atoms with Gasteiger partial charge in [-0.2, -0.15) is 0 Å². The van der Waals surface area contributed by atoms with E-state index in [1.807, 2.05) is 37.3 Å². The number of aryl methyl sites for hydroxylation is 1. The Kier molecular flexibility index (Phi) is 6.44. The van der Waals surface area contributed by atoms with Gasteiger partial charge in [0.15, 0.2) is 0 Å². The van der Waals surface area contributed by atoms with Crippen LogP contribution in [0.3, 0.4) is 0 Å². The second-order valence-corrected chi connectivity index (χ2v) is 11.8. The number of ether oxygens (including phenoxy) is 1. The van der Waals surface area contributed by atoms with E-state index < -0.39 is 10.0 Å². The van der Waals surface area contributed by atoms with Crippen molar-refractivity contribution in [3.63, 3.8) is 0 Å². The second kappa shape index (κ2) is 9.42. The Morgan fingerprint density at radius 1 is 1.17 bits per heavy atom. The van der Waals surface area contributed by atoms with Crippen LogP contribution in [0.25, 0.3) is 0 Å². The number of hydrogen-bond acceptors (Lipinski definition) is 5. The molecule has 0 unspecified atom stereocenters. The van der Waals surface area contributed by atoms with Gasteiger partial charge in [-0.1, -0.05) is 30.3 Å². The average molecular weight is 508 g/mol. The first-order valence-electron chi connectivity index (χ1n) is 12.0. The molecular weight excluding hydrogens is 477 g/mol. The van der Waals surface area contributed by atoms with Crippen LogP contribution in [0.4, 0.5) is 15.8 Å². The van der Waals surface area contributed by atoms with Crippen molar-refractivity contribution in [2.75, 3.05) is 37.9 Å². The molecule has 2 fully saturated rings. The van der Waals surface area contributed by atoms with Gasteiger partial charge < -0.3 is 15.5 Å². The van der Waals surface area contributed by atoms with Crippen LogP contribution in [0.2, 0.25) is 0 Å². The quantitative estimate of drug-likeness (QED) is 0.407. The molecule has 188 valence electrons. The van der Waals surface area contributed by atoms with Crippen molar-refractivity contribution in [3.8, 4) is 0 Å². The summed E-state index contributed by atoms with van der Waals surface area (Å²) in [5.74, 6) is 0.0238. The number of piperidine rings is 1. The van der Waals surface area contributed by atoms with E-state index in [0.29, 0.717) is 18.7 Å². The van der Waals surface area contributed by atoms with Crippen molar-refractivity contribution in [1.82, 2.24) is 4.31 Å². The van der Waals surface area contributed by atoms with Gasteiger partial charge in [0.2, 0.25) is 10.0 Å². The van der Waals surface area contributed by atoms with Crippen molar-refractivity contribution < 1.29 is 17.5 Å². The van der Waals surface area contributed by atoms with E-state index in [9.17, 15) is 12.8 Å². The number of benzene rings is 3. The topological polar surface area (TPSA) is 82.5 Å². The fraction of sp³-hybridized carbons (Fsp3) is 0.321. The number of hydrogen-bond donors (Lipinski definition) is 2. The molecule has 0 amide bonds. The summed E-state index contributed by atoms with van der Waals surface area (Å²) < 4.78 is 46.1. The highest BCUT2D eigenvalue weighted by Crippen LogP contribution is 2.70. The Bertz CT molecular complexity index is 1380. The third kappa shape index (κ3) is 4.23. The minimum absolute atomic E-state index is 0.0342. The zero-order valence-electron chi connectivity index (χ0n) is 20.4. The maximum atomic E-state index is 13.4. The van der Waals surface area contributed by atoms with Crippen molar-refractivity contribution in [1.29, 1.82) is 5.41 Å².